The third kappa shape index (κ3) is 2.35. The van der Waals surface area contributed by atoms with Gasteiger partial charge in [-0.25, -0.2) is 0 Å². The molecule has 0 bridgehead atoms. The molecule has 0 spiro atoms. The molecule has 0 radical (unpaired) electrons. The molecule has 1 aromatic carbocycles. The summed E-state index contributed by atoms with van der Waals surface area (Å²) in [4.78, 5) is 13.7. The third-order valence-electron chi connectivity index (χ3n) is 2.68. The van der Waals surface area contributed by atoms with Gasteiger partial charge in [0.05, 0.1) is 6.07 Å². The van der Waals surface area contributed by atoms with E-state index in [0.717, 1.165) is 11.8 Å². The largest absolute Gasteiger partial charge is 0.451 e. The summed E-state index contributed by atoms with van der Waals surface area (Å²) in [5.74, 6) is 0.0644. The van der Waals surface area contributed by atoms with Crippen LogP contribution in [0.25, 0.3) is 11.0 Å². The lowest BCUT2D eigenvalue weighted by atomic mass is 10.2. The maximum absolute atomic E-state index is 12.2. The van der Waals surface area contributed by atoms with E-state index in [1.807, 2.05) is 37.3 Å². The molecule has 4 heteroatoms. The monoisotopic (exact) mass is 242 g/mol. The maximum atomic E-state index is 12.2. The van der Waals surface area contributed by atoms with E-state index in [4.69, 9.17) is 9.68 Å². The van der Waals surface area contributed by atoms with Gasteiger partial charge in [-0.1, -0.05) is 25.1 Å². The number of carbonyl (C=O) groups is 1. The number of carbonyl (C=O) groups excluding carboxylic acids is 1. The van der Waals surface area contributed by atoms with Crippen LogP contribution in [0.2, 0.25) is 0 Å². The van der Waals surface area contributed by atoms with Gasteiger partial charge in [-0.05, 0) is 18.6 Å². The van der Waals surface area contributed by atoms with Crippen molar-refractivity contribution in [1.29, 1.82) is 5.26 Å². The highest BCUT2D eigenvalue weighted by molar-refractivity contribution is 5.96. The minimum atomic E-state index is -0.227. The minimum Gasteiger partial charge on any atom is -0.451 e. The summed E-state index contributed by atoms with van der Waals surface area (Å²) in [6.07, 6.45) is 0.813. The topological polar surface area (TPSA) is 57.2 Å². The first-order valence-corrected chi connectivity index (χ1v) is 5.91. The molecule has 0 fully saturated rings. The van der Waals surface area contributed by atoms with Crippen LogP contribution in [0, 0.1) is 11.3 Å². The van der Waals surface area contributed by atoms with Crippen LogP contribution >= 0.6 is 0 Å². The number of benzene rings is 1. The van der Waals surface area contributed by atoms with Crippen molar-refractivity contribution < 1.29 is 9.21 Å². The number of hydrogen-bond donors (Lipinski definition) is 0. The Balaban J connectivity index is 2.29. The molecule has 0 aliphatic carbocycles. The van der Waals surface area contributed by atoms with Gasteiger partial charge < -0.3 is 9.32 Å². The van der Waals surface area contributed by atoms with E-state index in [-0.39, 0.29) is 12.5 Å². The molecule has 92 valence electrons. The van der Waals surface area contributed by atoms with Gasteiger partial charge in [0.25, 0.3) is 5.91 Å². The van der Waals surface area contributed by atoms with Crippen LogP contribution in [-0.2, 0) is 0 Å². The number of amides is 1. The van der Waals surface area contributed by atoms with Crippen molar-refractivity contribution in [1.82, 2.24) is 4.90 Å². The van der Waals surface area contributed by atoms with Gasteiger partial charge in [-0.2, -0.15) is 5.26 Å². The van der Waals surface area contributed by atoms with Gasteiger partial charge in [-0.3, -0.25) is 4.79 Å². The fourth-order valence-electron chi connectivity index (χ4n) is 1.85. The van der Waals surface area contributed by atoms with Crippen molar-refractivity contribution in [2.75, 3.05) is 13.1 Å². The first-order valence-electron chi connectivity index (χ1n) is 5.91. The number of furan rings is 1. The molecular formula is C14H14N2O2. The van der Waals surface area contributed by atoms with Gasteiger partial charge in [0, 0.05) is 11.9 Å². The van der Waals surface area contributed by atoms with Crippen molar-refractivity contribution in [3.05, 3.63) is 36.1 Å². The molecule has 0 atom stereocenters. The minimum absolute atomic E-state index is 0.0870. The van der Waals surface area contributed by atoms with Gasteiger partial charge in [0.15, 0.2) is 5.76 Å². The fraction of sp³-hybridized carbons (Fsp3) is 0.286. The highest BCUT2D eigenvalue weighted by atomic mass is 16.3. The van der Waals surface area contributed by atoms with E-state index in [9.17, 15) is 4.79 Å². The molecular weight excluding hydrogens is 228 g/mol. The smallest absolute Gasteiger partial charge is 0.290 e. The normalized spacial score (nSPS) is 10.2. The zero-order valence-electron chi connectivity index (χ0n) is 10.2. The molecule has 18 heavy (non-hydrogen) atoms. The van der Waals surface area contributed by atoms with Gasteiger partial charge >= 0.3 is 0 Å². The summed E-state index contributed by atoms with van der Waals surface area (Å²) >= 11 is 0. The molecule has 1 amide bonds. The second-order valence-corrected chi connectivity index (χ2v) is 4.03. The van der Waals surface area contributed by atoms with Crippen molar-refractivity contribution in [3.63, 3.8) is 0 Å². The number of rotatable bonds is 4. The van der Waals surface area contributed by atoms with Crippen LogP contribution in [0.5, 0.6) is 0 Å². The van der Waals surface area contributed by atoms with Crippen LogP contribution < -0.4 is 0 Å². The highest BCUT2D eigenvalue weighted by Gasteiger charge is 2.18. The van der Waals surface area contributed by atoms with Gasteiger partial charge in [-0.15, -0.1) is 0 Å². The molecule has 2 aromatic rings. The molecule has 0 unspecified atom stereocenters. The quantitative estimate of drug-likeness (QED) is 0.774. The summed E-state index contributed by atoms with van der Waals surface area (Å²) in [6.45, 7) is 2.61. The SMILES string of the molecule is CCCN(CC#N)C(=O)c1cc2ccccc2o1. The molecule has 1 heterocycles. The van der Waals surface area contributed by atoms with E-state index in [1.54, 1.807) is 6.07 Å². The lowest BCUT2D eigenvalue weighted by Gasteiger charge is -2.16. The molecule has 0 aliphatic rings. The first-order chi connectivity index (χ1) is 8.76. The van der Waals surface area contributed by atoms with Crippen LogP contribution in [0.4, 0.5) is 0 Å². The zero-order valence-corrected chi connectivity index (χ0v) is 10.2. The molecule has 0 saturated carbocycles. The van der Waals surface area contributed by atoms with Crippen LogP contribution in [0.15, 0.2) is 34.7 Å². The number of para-hydroxylation sites is 1. The van der Waals surface area contributed by atoms with Crippen molar-refractivity contribution in [3.8, 4) is 6.07 Å². The predicted octanol–water partition coefficient (Wildman–Crippen LogP) is 2.81. The summed E-state index contributed by atoms with van der Waals surface area (Å²) in [7, 11) is 0. The average molecular weight is 242 g/mol. The number of fused-ring (bicyclic) bond motifs is 1. The summed E-state index contributed by atoms with van der Waals surface area (Å²) in [5.41, 5.74) is 0.689. The average Bonchev–Trinajstić information content (AvgIpc) is 2.81. The molecule has 0 N–H and O–H groups in total. The lowest BCUT2D eigenvalue weighted by molar-refractivity contribution is 0.0747. The molecule has 4 nitrogen and oxygen atoms in total. The van der Waals surface area contributed by atoms with Crippen molar-refractivity contribution in [2.45, 2.75) is 13.3 Å². The molecule has 2 rings (SSSR count). The van der Waals surface area contributed by atoms with Gasteiger partial charge in [0.2, 0.25) is 0 Å². The second-order valence-electron chi connectivity index (χ2n) is 4.03. The van der Waals surface area contributed by atoms with Crippen LogP contribution in [0.1, 0.15) is 23.9 Å². The van der Waals surface area contributed by atoms with E-state index in [0.29, 0.717) is 17.9 Å². The molecule has 1 aromatic heterocycles. The van der Waals surface area contributed by atoms with E-state index < -0.39 is 0 Å². The molecule has 0 aliphatic heterocycles. The number of hydrogen-bond acceptors (Lipinski definition) is 3. The van der Waals surface area contributed by atoms with Crippen molar-refractivity contribution >= 4 is 16.9 Å². The number of nitrogens with zero attached hydrogens (tertiary/aromatic N) is 2. The Morgan fingerprint density at radius 2 is 2.22 bits per heavy atom. The van der Waals surface area contributed by atoms with Crippen LogP contribution in [-0.4, -0.2) is 23.9 Å². The Hall–Kier alpha value is -2.28. The fourth-order valence-corrected chi connectivity index (χ4v) is 1.85. The van der Waals surface area contributed by atoms with Gasteiger partial charge in [0.1, 0.15) is 12.1 Å². The van der Waals surface area contributed by atoms with E-state index in [1.165, 1.54) is 4.90 Å². The maximum Gasteiger partial charge on any atom is 0.290 e. The summed E-state index contributed by atoms with van der Waals surface area (Å²) < 4.78 is 5.50. The Kier molecular flexibility index (Phi) is 3.63. The third-order valence-corrected chi connectivity index (χ3v) is 2.68. The standard InChI is InChI=1S/C14H14N2O2/c1-2-8-16(9-7-15)14(17)13-10-11-5-3-4-6-12(11)18-13/h3-6,10H,2,8-9H2,1H3. The Morgan fingerprint density at radius 1 is 1.44 bits per heavy atom. The van der Waals surface area contributed by atoms with E-state index in [2.05, 4.69) is 0 Å². The van der Waals surface area contributed by atoms with Crippen LogP contribution in [0.3, 0.4) is 0 Å². The lowest BCUT2D eigenvalue weighted by Crippen LogP contribution is -2.31. The highest BCUT2D eigenvalue weighted by Crippen LogP contribution is 2.20. The Bertz CT molecular complexity index is 562. The predicted molar refractivity (Wildman–Crippen MR) is 68.0 cm³/mol. The molecule has 0 saturated heterocycles. The van der Waals surface area contributed by atoms with E-state index >= 15 is 0 Å². The second kappa shape index (κ2) is 5.37. The Morgan fingerprint density at radius 3 is 2.89 bits per heavy atom. The summed E-state index contributed by atoms with van der Waals surface area (Å²) in [5, 5.41) is 9.62. The Labute approximate surface area is 105 Å². The number of nitriles is 1. The van der Waals surface area contributed by atoms with Crippen molar-refractivity contribution in [2.24, 2.45) is 0 Å². The first kappa shape index (κ1) is 12.2. The zero-order chi connectivity index (χ0) is 13.0. The summed E-state index contributed by atoms with van der Waals surface area (Å²) in [6, 6.07) is 11.2.